The van der Waals surface area contributed by atoms with Crippen molar-refractivity contribution in [2.75, 3.05) is 25.1 Å². The van der Waals surface area contributed by atoms with Crippen LogP contribution in [0.3, 0.4) is 0 Å². The van der Waals surface area contributed by atoms with E-state index in [1.807, 2.05) is 36.2 Å². The van der Waals surface area contributed by atoms with E-state index >= 15 is 0 Å². The molecule has 3 rings (SSSR count). The molecular weight excluding hydrogens is 304 g/mol. The van der Waals surface area contributed by atoms with Gasteiger partial charge >= 0.3 is 0 Å². The van der Waals surface area contributed by atoms with Crippen molar-refractivity contribution in [3.05, 3.63) is 24.3 Å². The lowest BCUT2D eigenvalue weighted by molar-refractivity contribution is -0.134. The van der Waals surface area contributed by atoms with Gasteiger partial charge in [0.1, 0.15) is 5.75 Å². The second-order valence-corrected chi connectivity index (χ2v) is 6.73. The van der Waals surface area contributed by atoms with E-state index in [2.05, 4.69) is 0 Å². The van der Waals surface area contributed by atoms with Crippen molar-refractivity contribution in [3.8, 4) is 5.75 Å². The molecule has 5 nitrogen and oxygen atoms in total. The highest BCUT2D eigenvalue weighted by Gasteiger charge is 2.23. The van der Waals surface area contributed by atoms with Crippen LogP contribution in [0, 0.1) is 0 Å². The first-order valence-electron chi connectivity index (χ1n) is 8.94. The summed E-state index contributed by atoms with van der Waals surface area (Å²) in [6.45, 7) is 0.846. The van der Waals surface area contributed by atoms with Crippen LogP contribution in [0.15, 0.2) is 24.3 Å². The van der Waals surface area contributed by atoms with Crippen molar-refractivity contribution in [2.24, 2.45) is 0 Å². The lowest BCUT2D eigenvalue weighted by Gasteiger charge is -2.31. The summed E-state index contributed by atoms with van der Waals surface area (Å²) in [7, 11) is 1.88. The van der Waals surface area contributed by atoms with Crippen LogP contribution in [-0.4, -0.2) is 43.0 Å². The van der Waals surface area contributed by atoms with Crippen LogP contribution in [0.5, 0.6) is 5.75 Å². The van der Waals surface area contributed by atoms with Gasteiger partial charge in [-0.15, -0.1) is 0 Å². The molecule has 0 radical (unpaired) electrons. The maximum absolute atomic E-state index is 12.3. The number of hydrogen-bond donors (Lipinski definition) is 0. The summed E-state index contributed by atoms with van der Waals surface area (Å²) in [6, 6.07) is 7.78. The maximum Gasteiger partial charge on any atom is 0.260 e. The van der Waals surface area contributed by atoms with Gasteiger partial charge in [-0.2, -0.15) is 0 Å². The fourth-order valence-corrected chi connectivity index (χ4v) is 3.56. The Kier molecular flexibility index (Phi) is 5.38. The average molecular weight is 330 g/mol. The van der Waals surface area contributed by atoms with Gasteiger partial charge in [-0.05, 0) is 43.5 Å². The molecule has 0 bridgehead atoms. The Balaban J connectivity index is 1.50. The molecule has 0 N–H and O–H groups in total. The zero-order valence-electron chi connectivity index (χ0n) is 14.4. The van der Waals surface area contributed by atoms with Gasteiger partial charge in [-0.3, -0.25) is 9.59 Å². The maximum atomic E-state index is 12.3. The standard InChI is InChI=1S/C19H26N2O3/c1-20(15-6-3-2-4-7-15)19(23)14-24-17-11-9-16(10-12-17)21-13-5-8-18(21)22/h9-12,15H,2-8,13-14H2,1H3. The van der Waals surface area contributed by atoms with Crippen molar-refractivity contribution < 1.29 is 14.3 Å². The third-order valence-electron chi connectivity index (χ3n) is 5.10. The van der Waals surface area contributed by atoms with Gasteiger partial charge in [-0.1, -0.05) is 19.3 Å². The van der Waals surface area contributed by atoms with Crippen LogP contribution in [0.2, 0.25) is 0 Å². The second kappa shape index (κ2) is 7.69. The number of benzene rings is 1. The van der Waals surface area contributed by atoms with Gasteiger partial charge in [0.05, 0.1) is 0 Å². The number of hydrogen-bond acceptors (Lipinski definition) is 3. The van der Waals surface area contributed by atoms with Gasteiger partial charge in [0, 0.05) is 31.7 Å². The third-order valence-corrected chi connectivity index (χ3v) is 5.10. The molecule has 1 aromatic rings. The predicted octanol–water partition coefficient (Wildman–Crippen LogP) is 2.98. The number of likely N-dealkylation sites (N-methyl/N-ethyl adjacent to an activating group) is 1. The highest BCUT2D eigenvalue weighted by molar-refractivity contribution is 5.95. The molecule has 2 fully saturated rings. The Hall–Kier alpha value is -2.04. The molecule has 2 amide bonds. The fraction of sp³-hybridized carbons (Fsp3) is 0.579. The molecule has 1 aliphatic heterocycles. The molecule has 1 aliphatic carbocycles. The summed E-state index contributed by atoms with van der Waals surface area (Å²) in [5.74, 6) is 0.865. The number of nitrogens with zero attached hydrogens (tertiary/aromatic N) is 2. The van der Waals surface area contributed by atoms with E-state index in [1.165, 1.54) is 19.3 Å². The lowest BCUT2D eigenvalue weighted by Crippen LogP contribution is -2.40. The highest BCUT2D eigenvalue weighted by Crippen LogP contribution is 2.24. The van der Waals surface area contributed by atoms with Gasteiger partial charge in [0.15, 0.2) is 6.61 Å². The molecule has 1 heterocycles. The molecule has 1 saturated carbocycles. The molecule has 0 atom stereocenters. The van der Waals surface area contributed by atoms with E-state index in [9.17, 15) is 9.59 Å². The first kappa shape index (κ1) is 16.8. The second-order valence-electron chi connectivity index (χ2n) is 6.73. The van der Waals surface area contributed by atoms with Crippen LogP contribution >= 0.6 is 0 Å². The van der Waals surface area contributed by atoms with Crippen LogP contribution < -0.4 is 9.64 Å². The van der Waals surface area contributed by atoms with E-state index in [1.54, 1.807) is 4.90 Å². The molecular formula is C19H26N2O3. The Bertz CT molecular complexity index is 579. The van der Waals surface area contributed by atoms with Crippen molar-refractivity contribution in [1.29, 1.82) is 0 Å². The molecule has 1 saturated heterocycles. The number of anilines is 1. The Morgan fingerprint density at radius 3 is 2.50 bits per heavy atom. The molecule has 2 aliphatic rings. The minimum Gasteiger partial charge on any atom is -0.484 e. The van der Waals surface area contributed by atoms with E-state index < -0.39 is 0 Å². The van der Waals surface area contributed by atoms with Crippen LogP contribution in [-0.2, 0) is 9.59 Å². The molecule has 0 unspecified atom stereocenters. The number of rotatable bonds is 5. The normalized spacial score (nSPS) is 18.7. The molecule has 0 aromatic heterocycles. The summed E-state index contributed by atoms with van der Waals surface area (Å²) >= 11 is 0. The zero-order chi connectivity index (χ0) is 16.9. The number of carbonyl (C=O) groups is 2. The monoisotopic (exact) mass is 330 g/mol. The Morgan fingerprint density at radius 2 is 1.88 bits per heavy atom. The van der Waals surface area contributed by atoms with Gasteiger partial charge in [0.2, 0.25) is 5.91 Å². The van der Waals surface area contributed by atoms with Gasteiger partial charge < -0.3 is 14.5 Å². The minimum atomic E-state index is 0.0284. The lowest BCUT2D eigenvalue weighted by atomic mass is 9.94. The molecule has 24 heavy (non-hydrogen) atoms. The number of ether oxygens (including phenoxy) is 1. The van der Waals surface area contributed by atoms with Crippen LogP contribution in [0.1, 0.15) is 44.9 Å². The summed E-state index contributed by atoms with van der Waals surface area (Å²) in [5.41, 5.74) is 0.899. The Labute approximate surface area is 143 Å². The minimum absolute atomic E-state index is 0.0284. The van der Waals surface area contributed by atoms with Gasteiger partial charge in [-0.25, -0.2) is 0 Å². The van der Waals surface area contributed by atoms with Crippen LogP contribution in [0.25, 0.3) is 0 Å². The van der Waals surface area contributed by atoms with Gasteiger partial charge in [0.25, 0.3) is 5.91 Å². The molecule has 0 spiro atoms. The number of amides is 2. The molecule has 1 aromatic carbocycles. The Morgan fingerprint density at radius 1 is 1.17 bits per heavy atom. The topological polar surface area (TPSA) is 49.9 Å². The smallest absolute Gasteiger partial charge is 0.260 e. The highest BCUT2D eigenvalue weighted by atomic mass is 16.5. The largest absolute Gasteiger partial charge is 0.484 e. The summed E-state index contributed by atoms with van der Waals surface area (Å²) in [5, 5.41) is 0. The molecule has 130 valence electrons. The predicted molar refractivity (Wildman–Crippen MR) is 93.2 cm³/mol. The molecule has 5 heteroatoms. The first-order valence-corrected chi connectivity index (χ1v) is 8.94. The van der Waals surface area contributed by atoms with Crippen molar-refractivity contribution in [2.45, 2.75) is 51.0 Å². The van der Waals surface area contributed by atoms with E-state index in [0.717, 1.165) is 31.5 Å². The van der Waals surface area contributed by atoms with Crippen molar-refractivity contribution in [3.63, 3.8) is 0 Å². The third kappa shape index (κ3) is 3.89. The average Bonchev–Trinajstić information content (AvgIpc) is 3.06. The SMILES string of the molecule is CN(C(=O)COc1ccc(N2CCCC2=O)cc1)C1CCCCC1. The van der Waals surface area contributed by atoms with E-state index in [4.69, 9.17) is 4.74 Å². The van der Waals surface area contributed by atoms with E-state index in [-0.39, 0.29) is 18.4 Å². The summed E-state index contributed by atoms with van der Waals surface area (Å²) in [6.07, 6.45) is 7.43. The fourth-order valence-electron chi connectivity index (χ4n) is 3.56. The summed E-state index contributed by atoms with van der Waals surface area (Å²) < 4.78 is 5.63. The zero-order valence-corrected chi connectivity index (χ0v) is 14.4. The van der Waals surface area contributed by atoms with Crippen LogP contribution in [0.4, 0.5) is 5.69 Å². The van der Waals surface area contributed by atoms with E-state index in [0.29, 0.717) is 18.2 Å². The van der Waals surface area contributed by atoms with Crippen molar-refractivity contribution in [1.82, 2.24) is 4.90 Å². The van der Waals surface area contributed by atoms with Crippen molar-refractivity contribution >= 4 is 17.5 Å². The summed E-state index contributed by atoms with van der Waals surface area (Å²) in [4.78, 5) is 27.7. The first-order chi connectivity index (χ1) is 11.6. The quantitative estimate of drug-likeness (QED) is 0.834. The number of carbonyl (C=O) groups excluding carboxylic acids is 2.